The van der Waals surface area contributed by atoms with E-state index in [2.05, 4.69) is 4.98 Å². The molecule has 27 heavy (non-hydrogen) atoms. The van der Waals surface area contributed by atoms with Crippen LogP contribution in [0, 0.1) is 22.7 Å². The molecule has 8 heteroatoms. The van der Waals surface area contributed by atoms with Crippen molar-refractivity contribution in [2.24, 2.45) is 0 Å². The molecule has 0 aliphatic heterocycles. The number of rotatable bonds is 4. The minimum absolute atomic E-state index is 0.0282. The van der Waals surface area contributed by atoms with Crippen LogP contribution in [0.5, 0.6) is 11.5 Å². The Morgan fingerprint density at radius 1 is 1.19 bits per heavy atom. The van der Waals surface area contributed by atoms with Gasteiger partial charge in [-0.05, 0) is 31.7 Å². The van der Waals surface area contributed by atoms with E-state index in [1.54, 1.807) is 12.1 Å². The Hall–Kier alpha value is -3.16. The summed E-state index contributed by atoms with van der Waals surface area (Å²) in [6.45, 7) is 0. The van der Waals surface area contributed by atoms with Crippen molar-refractivity contribution in [3.05, 3.63) is 38.6 Å². The summed E-state index contributed by atoms with van der Waals surface area (Å²) in [6, 6.07) is 6.88. The molecular formula is C19H17ClN4O3. The van der Waals surface area contributed by atoms with Gasteiger partial charge in [-0.3, -0.25) is 4.79 Å². The Kier molecular flexibility index (Phi) is 5.25. The van der Waals surface area contributed by atoms with E-state index in [0.29, 0.717) is 17.1 Å². The molecule has 1 heterocycles. The summed E-state index contributed by atoms with van der Waals surface area (Å²) < 4.78 is 11.4. The average Bonchev–Trinajstić information content (AvgIpc) is 3.14. The third kappa shape index (κ3) is 3.42. The molecule has 0 saturated heterocycles. The standard InChI is InChI=1S/C19H17ClN4O3/c1-26-15-6-11(14(20)7-16(15)27-10-4-2-3-5-10)17-12(8-21)18(23)24-19(25)13(17)9-22/h6-7,10H,2-5H2,1H3,(H3,23,24,25). The zero-order valence-corrected chi connectivity index (χ0v) is 15.4. The van der Waals surface area contributed by atoms with Gasteiger partial charge in [0, 0.05) is 17.2 Å². The van der Waals surface area contributed by atoms with Gasteiger partial charge in [0.2, 0.25) is 0 Å². The van der Waals surface area contributed by atoms with E-state index in [-0.39, 0.29) is 33.6 Å². The van der Waals surface area contributed by atoms with Crippen molar-refractivity contribution in [2.45, 2.75) is 31.8 Å². The predicted molar refractivity (Wildman–Crippen MR) is 101 cm³/mol. The highest BCUT2D eigenvalue weighted by atomic mass is 35.5. The number of anilines is 1. The first-order chi connectivity index (χ1) is 13.0. The van der Waals surface area contributed by atoms with Crippen LogP contribution in [0.25, 0.3) is 11.1 Å². The molecular weight excluding hydrogens is 368 g/mol. The van der Waals surface area contributed by atoms with Crippen LogP contribution in [0.4, 0.5) is 5.82 Å². The van der Waals surface area contributed by atoms with E-state index >= 15 is 0 Å². The summed E-state index contributed by atoms with van der Waals surface area (Å²) in [5.74, 6) is 0.749. The van der Waals surface area contributed by atoms with E-state index in [1.807, 2.05) is 12.1 Å². The number of nitrogen functional groups attached to an aromatic ring is 1. The lowest BCUT2D eigenvalue weighted by molar-refractivity contribution is 0.201. The number of nitrogens with one attached hydrogen (secondary N) is 1. The average molecular weight is 385 g/mol. The number of pyridine rings is 1. The van der Waals surface area contributed by atoms with Crippen LogP contribution in [0.2, 0.25) is 5.02 Å². The molecule has 138 valence electrons. The fourth-order valence-electron chi connectivity index (χ4n) is 3.28. The molecule has 1 saturated carbocycles. The number of hydrogen-bond acceptors (Lipinski definition) is 6. The van der Waals surface area contributed by atoms with Crippen molar-refractivity contribution in [1.82, 2.24) is 4.98 Å². The van der Waals surface area contributed by atoms with Crippen molar-refractivity contribution >= 4 is 17.4 Å². The maximum Gasteiger partial charge on any atom is 0.268 e. The van der Waals surface area contributed by atoms with Crippen LogP contribution < -0.4 is 20.8 Å². The smallest absolute Gasteiger partial charge is 0.268 e. The zero-order valence-electron chi connectivity index (χ0n) is 14.6. The van der Waals surface area contributed by atoms with Gasteiger partial charge >= 0.3 is 0 Å². The molecule has 1 aliphatic rings. The normalized spacial score (nSPS) is 13.8. The van der Waals surface area contributed by atoms with Gasteiger partial charge < -0.3 is 20.2 Å². The molecule has 3 rings (SSSR count). The van der Waals surface area contributed by atoms with Gasteiger partial charge in [-0.15, -0.1) is 0 Å². The molecule has 3 N–H and O–H groups in total. The van der Waals surface area contributed by atoms with E-state index in [0.717, 1.165) is 25.7 Å². The number of benzene rings is 1. The fourth-order valence-corrected chi connectivity index (χ4v) is 3.52. The van der Waals surface area contributed by atoms with Gasteiger partial charge in [-0.25, -0.2) is 0 Å². The number of halogens is 1. The second-order valence-electron chi connectivity index (χ2n) is 6.22. The number of H-pyrrole nitrogens is 1. The molecule has 0 amide bonds. The molecule has 1 aromatic heterocycles. The number of hydrogen-bond donors (Lipinski definition) is 2. The topological polar surface area (TPSA) is 125 Å². The molecule has 2 aromatic rings. The largest absolute Gasteiger partial charge is 0.493 e. The third-order valence-corrected chi connectivity index (χ3v) is 4.90. The van der Waals surface area contributed by atoms with Gasteiger partial charge in [0.05, 0.1) is 18.2 Å². The molecule has 0 radical (unpaired) electrons. The molecule has 0 spiro atoms. The molecule has 1 aliphatic carbocycles. The number of nitriles is 2. The summed E-state index contributed by atoms with van der Waals surface area (Å²) >= 11 is 6.43. The van der Waals surface area contributed by atoms with Crippen LogP contribution in [0.15, 0.2) is 16.9 Å². The van der Waals surface area contributed by atoms with Gasteiger partial charge in [0.1, 0.15) is 29.1 Å². The van der Waals surface area contributed by atoms with E-state index in [1.165, 1.54) is 7.11 Å². The number of nitrogens with two attached hydrogens (primary N) is 1. The van der Waals surface area contributed by atoms with Crippen LogP contribution in [0.1, 0.15) is 36.8 Å². The van der Waals surface area contributed by atoms with Crippen LogP contribution >= 0.6 is 11.6 Å². The summed E-state index contributed by atoms with van der Waals surface area (Å²) in [6.07, 6.45) is 4.25. The number of nitrogens with zero attached hydrogens (tertiary/aromatic N) is 2. The molecule has 0 bridgehead atoms. The number of ether oxygens (including phenoxy) is 2. The first kappa shape index (κ1) is 18.6. The quantitative estimate of drug-likeness (QED) is 0.832. The van der Waals surface area contributed by atoms with Crippen molar-refractivity contribution in [3.63, 3.8) is 0 Å². The molecule has 1 aromatic carbocycles. The lowest BCUT2D eigenvalue weighted by Gasteiger charge is -2.18. The van der Waals surface area contributed by atoms with E-state index in [9.17, 15) is 15.3 Å². The van der Waals surface area contributed by atoms with E-state index in [4.69, 9.17) is 26.8 Å². The lowest BCUT2D eigenvalue weighted by atomic mass is 9.96. The van der Waals surface area contributed by atoms with E-state index < -0.39 is 5.56 Å². The Balaban J connectivity index is 2.20. The van der Waals surface area contributed by atoms with Crippen molar-refractivity contribution in [1.29, 1.82) is 10.5 Å². The van der Waals surface area contributed by atoms with Crippen LogP contribution in [-0.2, 0) is 0 Å². The highest BCUT2D eigenvalue weighted by molar-refractivity contribution is 6.33. The highest BCUT2D eigenvalue weighted by Crippen LogP contribution is 2.42. The summed E-state index contributed by atoms with van der Waals surface area (Å²) in [7, 11) is 1.48. The Bertz CT molecular complexity index is 1030. The second-order valence-corrected chi connectivity index (χ2v) is 6.63. The Morgan fingerprint density at radius 3 is 2.44 bits per heavy atom. The SMILES string of the molecule is COc1cc(-c2c(C#N)c(N)[nH]c(=O)c2C#N)c(Cl)cc1OC1CCCC1. The highest BCUT2D eigenvalue weighted by Gasteiger charge is 2.24. The summed E-state index contributed by atoms with van der Waals surface area (Å²) in [5.41, 5.74) is 5.19. The second kappa shape index (κ2) is 7.61. The van der Waals surface area contributed by atoms with Crippen LogP contribution in [-0.4, -0.2) is 18.2 Å². The number of methoxy groups -OCH3 is 1. The van der Waals surface area contributed by atoms with Crippen molar-refractivity contribution in [3.8, 4) is 34.8 Å². The molecule has 1 fully saturated rings. The van der Waals surface area contributed by atoms with Gasteiger partial charge in [-0.2, -0.15) is 10.5 Å². The molecule has 0 unspecified atom stereocenters. The Morgan fingerprint density at radius 2 is 1.85 bits per heavy atom. The monoisotopic (exact) mass is 384 g/mol. The number of aromatic nitrogens is 1. The molecule has 7 nitrogen and oxygen atoms in total. The molecule has 0 atom stereocenters. The van der Waals surface area contributed by atoms with Gasteiger partial charge in [-0.1, -0.05) is 11.6 Å². The fraction of sp³-hybridized carbons (Fsp3) is 0.316. The third-order valence-electron chi connectivity index (χ3n) is 4.59. The lowest BCUT2D eigenvalue weighted by Crippen LogP contribution is -2.16. The van der Waals surface area contributed by atoms with Crippen molar-refractivity contribution in [2.75, 3.05) is 12.8 Å². The first-order valence-corrected chi connectivity index (χ1v) is 8.78. The number of aromatic amines is 1. The Labute approximate surface area is 160 Å². The van der Waals surface area contributed by atoms with Gasteiger partial charge in [0.15, 0.2) is 11.5 Å². The summed E-state index contributed by atoms with van der Waals surface area (Å²) in [4.78, 5) is 14.4. The predicted octanol–water partition coefficient (Wildman–Crippen LogP) is 3.35. The summed E-state index contributed by atoms with van der Waals surface area (Å²) in [5, 5.41) is 19.1. The zero-order chi connectivity index (χ0) is 19.6. The van der Waals surface area contributed by atoms with Crippen LogP contribution in [0.3, 0.4) is 0 Å². The minimum Gasteiger partial charge on any atom is -0.493 e. The minimum atomic E-state index is -0.690. The van der Waals surface area contributed by atoms with Gasteiger partial charge in [0.25, 0.3) is 5.56 Å². The first-order valence-electron chi connectivity index (χ1n) is 8.40. The maximum absolute atomic E-state index is 12.1. The maximum atomic E-state index is 12.1. The van der Waals surface area contributed by atoms with Crippen molar-refractivity contribution < 1.29 is 9.47 Å².